The van der Waals surface area contributed by atoms with Crippen LogP contribution in [0.5, 0.6) is 0 Å². The summed E-state index contributed by atoms with van der Waals surface area (Å²) < 4.78 is 27.2. The molecule has 0 atom stereocenters. The summed E-state index contributed by atoms with van der Waals surface area (Å²) in [7, 11) is -3.92. The van der Waals surface area contributed by atoms with Crippen molar-refractivity contribution in [2.45, 2.75) is 30.6 Å². The lowest BCUT2D eigenvalue weighted by Gasteiger charge is -2.19. The van der Waals surface area contributed by atoms with Crippen molar-refractivity contribution >= 4 is 33.3 Å². The van der Waals surface area contributed by atoms with E-state index in [9.17, 15) is 13.2 Å². The molecular formula is C17H17ClN2O3S. The number of hydrogen-bond donors (Lipinski definition) is 2. The Bertz CT molecular complexity index is 864. The number of nitrogens with one attached hydrogen (secondary N) is 2. The Morgan fingerprint density at radius 1 is 1.00 bits per heavy atom. The zero-order chi connectivity index (χ0) is 17.2. The quantitative estimate of drug-likeness (QED) is 0.871. The third-order valence-electron chi connectivity index (χ3n) is 3.97. The number of hydrogen-bond acceptors (Lipinski definition) is 3. The molecular weight excluding hydrogens is 348 g/mol. The van der Waals surface area contributed by atoms with Crippen molar-refractivity contribution in [3.8, 4) is 0 Å². The summed E-state index contributed by atoms with van der Waals surface area (Å²) in [6.07, 6.45) is 3.60. The molecule has 7 heteroatoms. The molecule has 24 heavy (non-hydrogen) atoms. The first-order valence-electron chi connectivity index (χ1n) is 7.66. The van der Waals surface area contributed by atoms with Crippen LogP contribution < -0.4 is 10.0 Å². The number of anilines is 1. The Morgan fingerprint density at radius 2 is 1.71 bits per heavy atom. The molecule has 0 fully saturated rings. The predicted octanol–water partition coefficient (Wildman–Crippen LogP) is 3.73. The highest BCUT2D eigenvalue weighted by Gasteiger charge is 2.24. The van der Waals surface area contributed by atoms with Crippen molar-refractivity contribution in [2.75, 3.05) is 5.32 Å². The van der Waals surface area contributed by atoms with Crippen molar-refractivity contribution < 1.29 is 13.2 Å². The van der Waals surface area contributed by atoms with Gasteiger partial charge in [0.2, 0.25) is 0 Å². The minimum absolute atomic E-state index is 0.186. The van der Waals surface area contributed by atoms with Crippen LogP contribution in [-0.4, -0.2) is 14.4 Å². The van der Waals surface area contributed by atoms with Crippen LogP contribution in [0.1, 0.15) is 24.0 Å². The fraction of sp³-hybridized carbons (Fsp3) is 0.235. The largest absolute Gasteiger partial charge is 0.333 e. The van der Waals surface area contributed by atoms with Gasteiger partial charge in [-0.25, -0.2) is 17.9 Å². The van der Waals surface area contributed by atoms with Crippen molar-refractivity contribution in [3.05, 3.63) is 58.6 Å². The van der Waals surface area contributed by atoms with Crippen LogP contribution in [0.2, 0.25) is 5.02 Å². The van der Waals surface area contributed by atoms with E-state index in [0.717, 1.165) is 30.4 Å². The molecule has 2 amide bonds. The highest BCUT2D eigenvalue weighted by molar-refractivity contribution is 7.90. The number of carbonyl (C=O) groups excluding carboxylic acids is 1. The van der Waals surface area contributed by atoms with E-state index in [4.69, 9.17) is 11.6 Å². The third kappa shape index (κ3) is 3.71. The number of rotatable bonds is 3. The van der Waals surface area contributed by atoms with Crippen LogP contribution in [0.3, 0.4) is 0 Å². The summed E-state index contributed by atoms with van der Waals surface area (Å²) in [5.74, 6) is 0. The van der Waals surface area contributed by atoms with Crippen molar-refractivity contribution in [3.63, 3.8) is 0 Å². The Balaban J connectivity index is 1.79. The molecule has 0 heterocycles. The van der Waals surface area contributed by atoms with Gasteiger partial charge in [-0.05, 0) is 67.1 Å². The fourth-order valence-corrected chi connectivity index (χ4v) is 4.21. The highest BCUT2D eigenvalue weighted by Crippen LogP contribution is 2.27. The molecule has 0 aromatic heterocycles. The normalized spacial score (nSPS) is 13.9. The van der Waals surface area contributed by atoms with Gasteiger partial charge in [-0.1, -0.05) is 23.7 Å². The Kier molecular flexibility index (Phi) is 4.78. The minimum atomic E-state index is -3.92. The van der Waals surface area contributed by atoms with Crippen LogP contribution in [0.25, 0.3) is 0 Å². The van der Waals surface area contributed by atoms with Crippen LogP contribution in [0.4, 0.5) is 10.5 Å². The molecule has 126 valence electrons. The number of urea groups is 1. The fourth-order valence-electron chi connectivity index (χ4n) is 2.86. The van der Waals surface area contributed by atoms with Crippen LogP contribution in [0.15, 0.2) is 47.4 Å². The molecule has 2 aromatic rings. The number of sulfonamides is 1. The van der Waals surface area contributed by atoms with Gasteiger partial charge in [0.1, 0.15) is 0 Å². The average Bonchev–Trinajstić information content (AvgIpc) is 2.56. The second-order valence-corrected chi connectivity index (χ2v) is 7.75. The first-order chi connectivity index (χ1) is 11.5. The van der Waals surface area contributed by atoms with E-state index in [1.807, 2.05) is 6.07 Å². The van der Waals surface area contributed by atoms with E-state index in [1.54, 1.807) is 36.4 Å². The maximum atomic E-state index is 12.6. The molecule has 0 unspecified atom stereocenters. The third-order valence-corrected chi connectivity index (χ3v) is 5.64. The standard InChI is InChI=1S/C17H17ClN2O3S/c18-13-8-10-14(11-9-13)19-17(21)20-24(22,23)16-7-3-5-12-4-1-2-6-15(12)16/h3,5,7-11H,1-2,4,6H2,(H2,19,20,21). The van der Waals surface area contributed by atoms with E-state index >= 15 is 0 Å². The van der Waals surface area contributed by atoms with Crippen LogP contribution in [-0.2, 0) is 22.9 Å². The molecule has 0 saturated carbocycles. The smallest absolute Gasteiger partial charge is 0.307 e. The maximum absolute atomic E-state index is 12.6. The van der Waals surface area contributed by atoms with Gasteiger partial charge in [-0.2, -0.15) is 0 Å². The van der Waals surface area contributed by atoms with E-state index in [1.165, 1.54) is 0 Å². The summed E-state index contributed by atoms with van der Waals surface area (Å²) in [4.78, 5) is 12.2. The predicted molar refractivity (Wildman–Crippen MR) is 93.9 cm³/mol. The molecule has 0 radical (unpaired) electrons. The van der Waals surface area contributed by atoms with Gasteiger partial charge in [0.05, 0.1) is 4.90 Å². The van der Waals surface area contributed by atoms with Crippen molar-refractivity contribution in [1.29, 1.82) is 0 Å². The Morgan fingerprint density at radius 3 is 2.46 bits per heavy atom. The lowest BCUT2D eigenvalue weighted by atomic mass is 9.92. The van der Waals surface area contributed by atoms with E-state index in [2.05, 4.69) is 10.0 Å². The minimum Gasteiger partial charge on any atom is -0.307 e. The summed E-state index contributed by atoms with van der Waals surface area (Å²) in [5, 5.41) is 3.02. The topological polar surface area (TPSA) is 75.3 Å². The molecule has 0 aliphatic heterocycles. The maximum Gasteiger partial charge on any atom is 0.333 e. The molecule has 3 rings (SSSR count). The van der Waals surface area contributed by atoms with Crippen LogP contribution >= 0.6 is 11.6 Å². The number of fused-ring (bicyclic) bond motifs is 1. The van der Waals surface area contributed by atoms with Gasteiger partial charge >= 0.3 is 6.03 Å². The van der Waals surface area contributed by atoms with Gasteiger partial charge in [0, 0.05) is 10.7 Å². The van der Waals surface area contributed by atoms with Crippen LogP contribution in [0, 0.1) is 0 Å². The summed E-state index contributed by atoms with van der Waals surface area (Å²) in [5.41, 5.74) is 2.32. The Hall–Kier alpha value is -2.05. The van der Waals surface area contributed by atoms with Gasteiger partial charge in [0.15, 0.2) is 0 Å². The van der Waals surface area contributed by atoms with Crippen molar-refractivity contribution in [2.24, 2.45) is 0 Å². The SMILES string of the molecule is O=C(Nc1ccc(Cl)cc1)NS(=O)(=O)c1cccc2c1CCCC2. The summed E-state index contributed by atoms with van der Waals surface area (Å²) in [6.45, 7) is 0. The van der Waals surface area contributed by atoms with Gasteiger partial charge in [-0.3, -0.25) is 0 Å². The van der Waals surface area contributed by atoms with E-state index in [0.29, 0.717) is 17.1 Å². The van der Waals surface area contributed by atoms with E-state index < -0.39 is 16.1 Å². The molecule has 5 nitrogen and oxygen atoms in total. The first kappa shape index (κ1) is 16.8. The zero-order valence-corrected chi connectivity index (χ0v) is 14.5. The molecule has 2 aromatic carbocycles. The number of halogens is 1. The number of amides is 2. The number of carbonyl (C=O) groups is 1. The second kappa shape index (κ2) is 6.83. The summed E-state index contributed by atoms with van der Waals surface area (Å²) >= 11 is 5.78. The first-order valence-corrected chi connectivity index (χ1v) is 9.52. The lowest BCUT2D eigenvalue weighted by Crippen LogP contribution is -2.35. The molecule has 0 spiro atoms. The lowest BCUT2D eigenvalue weighted by molar-refractivity contribution is 0.256. The molecule has 0 saturated heterocycles. The molecule has 0 bridgehead atoms. The van der Waals surface area contributed by atoms with Gasteiger partial charge in [-0.15, -0.1) is 0 Å². The monoisotopic (exact) mass is 364 g/mol. The number of aryl methyl sites for hydroxylation is 1. The second-order valence-electron chi connectivity index (χ2n) is 5.67. The molecule has 1 aliphatic carbocycles. The van der Waals surface area contributed by atoms with Gasteiger partial charge in [0.25, 0.3) is 10.0 Å². The average molecular weight is 365 g/mol. The zero-order valence-electron chi connectivity index (χ0n) is 12.9. The molecule has 2 N–H and O–H groups in total. The van der Waals surface area contributed by atoms with E-state index in [-0.39, 0.29) is 4.90 Å². The molecule has 1 aliphatic rings. The highest BCUT2D eigenvalue weighted by atomic mass is 35.5. The summed E-state index contributed by atoms with van der Waals surface area (Å²) in [6, 6.07) is 10.8. The van der Waals surface area contributed by atoms with Crippen molar-refractivity contribution in [1.82, 2.24) is 4.72 Å². The Labute approximate surface area is 146 Å². The van der Waals surface area contributed by atoms with Gasteiger partial charge < -0.3 is 5.32 Å². The number of benzene rings is 2.